The van der Waals surface area contributed by atoms with Gasteiger partial charge >= 0.3 is 0 Å². The molecule has 0 amide bonds. The van der Waals surface area contributed by atoms with Gasteiger partial charge in [-0.15, -0.1) is 0 Å². The third-order valence-corrected chi connectivity index (χ3v) is 4.06. The van der Waals surface area contributed by atoms with Crippen LogP contribution in [0.4, 0.5) is 5.13 Å². The van der Waals surface area contributed by atoms with Crippen LogP contribution in [-0.4, -0.2) is 35.5 Å². The number of anilines is 1. The molecule has 0 bridgehead atoms. The summed E-state index contributed by atoms with van der Waals surface area (Å²) in [5.74, 6) is 1.75. The predicted molar refractivity (Wildman–Crippen MR) is 72.8 cm³/mol. The molecule has 1 saturated heterocycles. The topological polar surface area (TPSA) is 41.0 Å². The number of aryl methyl sites for hydroxylation is 1. The smallest absolute Gasteiger partial charge is 0.205 e. The zero-order valence-electron chi connectivity index (χ0n) is 10.8. The molecule has 0 spiro atoms. The standard InChI is InChI=1S/C12H22N4S/c1-3-11-14-12(17-15-11)16-7-5-6-10(9-16)8-13-4-2/h10,13H,3-9H2,1-2H3. The molecule has 1 atom stereocenters. The zero-order valence-corrected chi connectivity index (χ0v) is 11.6. The van der Waals surface area contributed by atoms with Crippen molar-refractivity contribution in [1.29, 1.82) is 0 Å². The van der Waals surface area contributed by atoms with Gasteiger partial charge in [-0.1, -0.05) is 13.8 Å². The molecule has 1 fully saturated rings. The van der Waals surface area contributed by atoms with Gasteiger partial charge in [0, 0.05) is 31.0 Å². The number of aromatic nitrogens is 2. The van der Waals surface area contributed by atoms with E-state index in [-0.39, 0.29) is 0 Å². The average molecular weight is 254 g/mol. The largest absolute Gasteiger partial charge is 0.347 e. The number of piperidine rings is 1. The Hall–Kier alpha value is -0.680. The van der Waals surface area contributed by atoms with Gasteiger partial charge in [0.2, 0.25) is 5.13 Å². The Morgan fingerprint density at radius 3 is 3.06 bits per heavy atom. The van der Waals surface area contributed by atoms with E-state index in [0.29, 0.717) is 0 Å². The Kier molecular flexibility index (Phi) is 4.74. The van der Waals surface area contributed by atoms with Crippen LogP contribution in [0, 0.1) is 5.92 Å². The van der Waals surface area contributed by atoms with Gasteiger partial charge in [-0.05, 0) is 31.8 Å². The molecule has 17 heavy (non-hydrogen) atoms. The van der Waals surface area contributed by atoms with E-state index in [1.165, 1.54) is 12.8 Å². The normalized spacial score (nSPS) is 20.8. The third-order valence-electron chi connectivity index (χ3n) is 3.25. The average Bonchev–Trinajstić information content (AvgIpc) is 2.85. The van der Waals surface area contributed by atoms with E-state index < -0.39 is 0 Å². The molecule has 96 valence electrons. The highest BCUT2D eigenvalue weighted by molar-refractivity contribution is 7.09. The number of hydrogen-bond acceptors (Lipinski definition) is 5. The molecule has 0 aliphatic carbocycles. The lowest BCUT2D eigenvalue weighted by molar-refractivity contribution is 0.395. The highest BCUT2D eigenvalue weighted by atomic mass is 32.1. The number of nitrogens with zero attached hydrogens (tertiary/aromatic N) is 3. The van der Waals surface area contributed by atoms with Crippen molar-refractivity contribution in [3.8, 4) is 0 Å². The first-order chi connectivity index (χ1) is 8.33. The summed E-state index contributed by atoms with van der Waals surface area (Å²) < 4.78 is 4.37. The van der Waals surface area contributed by atoms with Gasteiger partial charge in [-0.25, -0.2) is 4.98 Å². The minimum atomic E-state index is 0.762. The predicted octanol–water partition coefficient (Wildman–Crippen LogP) is 1.93. The molecular weight excluding hydrogens is 232 g/mol. The maximum absolute atomic E-state index is 4.58. The van der Waals surface area contributed by atoms with E-state index in [1.54, 1.807) is 11.5 Å². The summed E-state index contributed by atoms with van der Waals surface area (Å²) in [6, 6.07) is 0. The Morgan fingerprint density at radius 1 is 1.47 bits per heavy atom. The van der Waals surface area contributed by atoms with E-state index in [9.17, 15) is 0 Å². The Labute approximate surface area is 108 Å². The monoisotopic (exact) mass is 254 g/mol. The third kappa shape index (κ3) is 3.39. The summed E-state index contributed by atoms with van der Waals surface area (Å²) in [6.07, 6.45) is 3.55. The first-order valence-electron chi connectivity index (χ1n) is 6.61. The van der Waals surface area contributed by atoms with Crippen LogP contribution in [0.5, 0.6) is 0 Å². The summed E-state index contributed by atoms with van der Waals surface area (Å²) in [5.41, 5.74) is 0. The van der Waals surface area contributed by atoms with Gasteiger partial charge in [0.1, 0.15) is 5.82 Å². The van der Waals surface area contributed by atoms with Crippen LogP contribution in [0.15, 0.2) is 0 Å². The molecule has 1 aliphatic rings. The van der Waals surface area contributed by atoms with E-state index >= 15 is 0 Å². The van der Waals surface area contributed by atoms with Crippen molar-refractivity contribution in [3.63, 3.8) is 0 Å². The zero-order chi connectivity index (χ0) is 12.1. The second kappa shape index (κ2) is 6.31. The van der Waals surface area contributed by atoms with Gasteiger partial charge in [0.15, 0.2) is 0 Å². The van der Waals surface area contributed by atoms with Crippen LogP contribution in [-0.2, 0) is 6.42 Å². The van der Waals surface area contributed by atoms with Crippen molar-refractivity contribution in [1.82, 2.24) is 14.7 Å². The summed E-state index contributed by atoms with van der Waals surface area (Å²) >= 11 is 1.55. The fourth-order valence-corrected chi connectivity index (χ4v) is 3.06. The van der Waals surface area contributed by atoms with E-state index in [4.69, 9.17) is 0 Å². The fraction of sp³-hybridized carbons (Fsp3) is 0.833. The second-order valence-electron chi connectivity index (χ2n) is 4.61. The van der Waals surface area contributed by atoms with Gasteiger partial charge in [-0.2, -0.15) is 4.37 Å². The molecule has 1 aliphatic heterocycles. The molecule has 1 unspecified atom stereocenters. The van der Waals surface area contributed by atoms with E-state index in [2.05, 4.69) is 33.4 Å². The lowest BCUT2D eigenvalue weighted by Gasteiger charge is -2.32. The summed E-state index contributed by atoms with van der Waals surface area (Å²) in [5, 5.41) is 4.56. The van der Waals surface area contributed by atoms with Crippen LogP contribution in [0.3, 0.4) is 0 Å². The molecule has 0 radical (unpaired) electrons. The first-order valence-corrected chi connectivity index (χ1v) is 7.39. The van der Waals surface area contributed by atoms with E-state index in [0.717, 1.165) is 49.5 Å². The highest BCUT2D eigenvalue weighted by Gasteiger charge is 2.21. The molecule has 2 heterocycles. The van der Waals surface area contributed by atoms with Crippen molar-refractivity contribution < 1.29 is 0 Å². The molecule has 4 nitrogen and oxygen atoms in total. The first kappa shape index (κ1) is 12.8. The molecule has 0 aromatic carbocycles. The van der Waals surface area contributed by atoms with Gasteiger partial charge in [0.05, 0.1) is 0 Å². The second-order valence-corrected chi connectivity index (χ2v) is 5.34. The van der Waals surface area contributed by atoms with Crippen LogP contribution >= 0.6 is 11.5 Å². The molecule has 1 aromatic rings. The van der Waals surface area contributed by atoms with E-state index in [1.807, 2.05) is 0 Å². The van der Waals surface area contributed by atoms with Crippen LogP contribution in [0.25, 0.3) is 0 Å². The Morgan fingerprint density at radius 2 is 2.35 bits per heavy atom. The summed E-state index contributed by atoms with van der Waals surface area (Å²) in [7, 11) is 0. The lowest BCUT2D eigenvalue weighted by atomic mass is 9.98. The molecule has 1 N–H and O–H groups in total. The lowest BCUT2D eigenvalue weighted by Crippen LogP contribution is -2.39. The summed E-state index contributed by atoms with van der Waals surface area (Å²) in [6.45, 7) is 8.74. The van der Waals surface area contributed by atoms with Crippen LogP contribution < -0.4 is 10.2 Å². The number of rotatable bonds is 5. The van der Waals surface area contributed by atoms with Crippen molar-refractivity contribution >= 4 is 16.7 Å². The maximum Gasteiger partial charge on any atom is 0.205 e. The number of hydrogen-bond donors (Lipinski definition) is 1. The molecule has 2 rings (SSSR count). The molecule has 5 heteroatoms. The Balaban J connectivity index is 1.92. The van der Waals surface area contributed by atoms with Gasteiger partial charge < -0.3 is 10.2 Å². The Bertz CT molecular complexity index is 339. The molecule has 0 saturated carbocycles. The maximum atomic E-state index is 4.58. The summed E-state index contributed by atoms with van der Waals surface area (Å²) in [4.78, 5) is 6.99. The van der Waals surface area contributed by atoms with Crippen LogP contribution in [0.2, 0.25) is 0 Å². The van der Waals surface area contributed by atoms with Crippen molar-refractivity contribution in [2.24, 2.45) is 5.92 Å². The number of nitrogens with one attached hydrogen (secondary N) is 1. The highest BCUT2D eigenvalue weighted by Crippen LogP contribution is 2.24. The molecular formula is C12H22N4S. The van der Waals surface area contributed by atoms with Gasteiger partial charge in [0.25, 0.3) is 0 Å². The van der Waals surface area contributed by atoms with Crippen molar-refractivity contribution in [2.45, 2.75) is 33.1 Å². The van der Waals surface area contributed by atoms with Crippen molar-refractivity contribution in [2.75, 3.05) is 31.1 Å². The van der Waals surface area contributed by atoms with Gasteiger partial charge in [-0.3, -0.25) is 0 Å². The SMILES string of the molecule is CCNCC1CCCN(c2nc(CC)ns2)C1. The quantitative estimate of drug-likeness (QED) is 0.871. The van der Waals surface area contributed by atoms with Crippen LogP contribution in [0.1, 0.15) is 32.5 Å². The van der Waals surface area contributed by atoms with Crippen molar-refractivity contribution in [3.05, 3.63) is 5.82 Å². The minimum Gasteiger partial charge on any atom is -0.347 e. The molecule has 1 aromatic heterocycles. The minimum absolute atomic E-state index is 0.762. The fourth-order valence-electron chi connectivity index (χ4n) is 2.27.